The van der Waals surface area contributed by atoms with Crippen molar-refractivity contribution in [1.82, 2.24) is 10.1 Å². The zero-order valence-electron chi connectivity index (χ0n) is 24.5. The molecular formula is C30H27Cl3F2N4O7S. The van der Waals surface area contributed by atoms with E-state index < -0.39 is 33.3 Å². The van der Waals surface area contributed by atoms with E-state index in [1.165, 1.54) is 18.0 Å². The summed E-state index contributed by atoms with van der Waals surface area (Å²) in [7, 11) is -3.66. The number of pyridine rings is 1. The Balaban J connectivity index is 0.000000662. The van der Waals surface area contributed by atoms with Crippen LogP contribution in [0.15, 0.2) is 47.1 Å². The number of carbonyl (C=O) groups is 1. The second-order valence-electron chi connectivity index (χ2n) is 11.0. The number of primary amides is 1. The highest BCUT2D eigenvalue weighted by Crippen LogP contribution is 2.46. The van der Waals surface area contributed by atoms with Gasteiger partial charge in [0.05, 0.1) is 45.0 Å². The van der Waals surface area contributed by atoms with E-state index in [0.717, 1.165) is 31.0 Å². The maximum absolute atomic E-state index is 14.5. The number of benzene rings is 2. The Morgan fingerprint density at radius 3 is 2.30 bits per heavy atom. The van der Waals surface area contributed by atoms with E-state index in [1.807, 2.05) is 0 Å². The number of anilines is 1. The second kappa shape index (κ2) is 13.5. The van der Waals surface area contributed by atoms with Gasteiger partial charge in [-0.05, 0) is 50.1 Å². The number of nitrogens with zero attached hydrogens (tertiary/aromatic N) is 3. The topological polar surface area (TPSA) is 169 Å². The summed E-state index contributed by atoms with van der Waals surface area (Å²) in [5.41, 5.74) is 5.57. The molecule has 4 aromatic rings. The molecule has 2 aromatic carbocycles. The number of aromatic nitrogens is 2. The lowest BCUT2D eigenvalue weighted by atomic mass is 9.86. The molecule has 2 aromatic heterocycles. The maximum Gasteiger partial charge on any atom is 0.264 e. The molecule has 0 spiro atoms. The van der Waals surface area contributed by atoms with Crippen LogP contribution >= 0.6 is 34.8 Å². The van der Waals surface area contributed by atoms with Crippen molar-refractivity contribution in [2.75, 3.05) is 23.7 Å². The molecule has 1 aliphatic carbocycles. The summed E-state index contributed by atoms with van der Waals surface area (Å²) in [5.74, 6) is -1.02. The molecule has 0 unspecified atom stereocenters. The third-order valence-corrected chi connectivity index (χ3v) is 9.15. The van der Waals surface area contributed by atoms with Crippen LogP contribution < -0.4 is 15.4 Å². The van der Waals surface area contributed by atoms with Crippen molar-refractivity contribution in [3.05, 3.63) is 91.7 Å². The van der Waals surface area contributed by atoms with Gasteiger partial charge in [0.2, 0.25) is 5.91 Å². The molecule has 1 aliphatic heterocycles. The van der Waals surface area contributed by atoms with E-state index in [9.17, 15) is 27.1 Å². The van der Waals surface area contributed by atoms with Gasteiger partial charge in [0.1, 0.15) is 35.2 Å². The number of aliphatic hydroxyl groups is 1. The molecular weight excluding hydrogens is 705 g/mol. The summed E-state index contributed by atoms with van der Waals surface area (Å²) in [6.07, 6.45) is 3.07. The third-order valence-electron chi connectivity index (χ3n) is 7.51. The summed E-state index contributed by atoms with van der Waals surface area (Å²) in [5, 5.41) is 15.8. The number of nitrogens with two attached hydrogens (primary N) is 1. The van der Waals surface area contributed by atoms with Crippen LogP contribution in [0.25, 0.3) is 11.3 Å². The molecule has 6 rings (SSSR count). The molecule has 1 saturated carbocycles. The maximum atomic E-state index is 14.5. The first-order chi connectivity index (χ1) is 22.1. The Hall–Kier alpha value is -3.53. The van der Waals surface area contributed by atoms with Crippen LogP contribution in [0.5, 0.6) is 5.75 Å². The van der Waals surface area contributed by atoms with Gasteiger partial charge in [-0.3, -0.25) is 9.35 Å². The first kappa shape index (κ1) is 34.8. The Kier molecular flexibility index (Phi) is 10.0. The fourth-order valence-electron chi connectivity index (χ4n) is 4.91. The Morgan fingerprint density at radius 1 is 1.13 bits per heavy atom. The summed E-state index contributed by atoms with van der Waals surface area (Å²) < 4.78 is 66.8. The van der Waals surface area contributed by atoms with Crippen LogP contribution in [0.4, 0.5) is 14.6 Å². The summed E-state index contributed by atoms with van der Waals surface area (Å²) in [4.78, 5) is 16.8. The lowest BCUT2D eigenvalue weighted by Gasteiger charge is -2.47. The Morgan fingerprint density at radius 2 is 1.77 bits per heavy atom. The van der Waals surface area contributed by atoms with Gasteiger partial charge < -0.3 is 25.0 Å². The molecule has 4 N–H and O–H groups in total. The molecule has 47 heavy (non-hydrogen) atoms. The van der Waals surface area contributed by atoms with E-state index in [-0.39, 0.29) is 57.8 Å². The number of carbonyl (C=O) groups excluding carboxylic acids is 1. The second-order valence-corrected chi connectivity index (χ2v) is 13.9. The van der Waals surface area contributed by atoms with Crippen LogP contribution in [-0.2, 0) is 22.3 Å². The normalized spacial score (nSPS) is 15.4. The molecule has 250 valence electrons. The summed E-state index contributed by atoms with van der Waals surface area (Å²) in [6.45, 7) is 1.48. The zero-order valence-corrected chi connectivity index (χ0v) is 27.6. The molecule has 0 atom stereocenters. The van der Waals surface area contributed by atoms with Crippen molar-refractivity contribution in [2.45, 2.75) is 37.9 Å². The number of rotatable bonds is 9. The van der Waals surface area contributed by atoms with Gasteiger partial charge in [-0.25, -0.2) is 13.8 Å². The predicted octanol–water partition coefficient (Wildman–Crippen LogP) is 6.13. The van der Waals surface area contributed by atoms with E-state index in [4.69, 9.17) is 54.3 Å². The molecule has 3 heterocycles. The first-order valence-corrected chi connectivity index (χ1v) is 16.8. The van der Waals surface area contributed by atoms with Gasteiger partial charge in [0.25, 0.3) is 10.1 Å². The van der Waals surface area contributed by atoms with Gasteiger partial charge in [0, 0.05) is 23.2 Å². The summed E-state index contributed by atoms with van der Waals surface area (Å²) >= 11 is 19.2. The Labute approximate surface area is 282 Å². The fraction of sp³-hybridized carbons (Fsp3) is 0.300. The average molecular weight is 732 g/mol. The smallest absolute Gasteiger partial charge is 0.264 e. The van der Waals surface area contributed by atoms with Gasteiger partial charge in [0.15, 0.2) is 11.6 Å². The standard InChI is InChI=1S/C28H21Cl3F2N4O4.C2H6O3S/c29-19-8-16(3-4-18(19)28(39)11-37(12-28)27-22(33)5-14(9-35-27)26(34)38)40-10-17-24(36-41-25(17)13-1-2-13)23-20(30)6-15(32)7-21(23)31;1-2-6(3,4)5/h3-9,13,39H,1-2,10-12H2,(H2,34,38);2H2,1H3,(H,3,4,5). The van der Waals surface area contributed by atoms with E-state index in [0.29, 0.717) is 33.9 Å². The fourth-order valence-corrected chi connectivity index (χ4v) is 5.90. The zero-order chi connectivity index (χ0) is 34.3. The van der Waals surface area contributed by atoms with Gasteiger partial charge >= 0.3 is 0 Å². The highest BCUT2D eigenvalue weighted by atomic mass is 35.5. The van der Waals surface area contributed by atoms with Crippen molar-refractivity contribution in [3.8, 4) is 17.0 Å². The van der Waals surface area contributed by atoms with Crippen LogP contribution in [0.1, 0.15) is 52.9 Å². The highest BCUT2D eigenvalue weighted by molar-refractivity contribution is 7.85. The number of hydrogen-bond acceptors (Lipinski definition) is 9. The quantitative estimate of drug-likeness (QED) is 0.170. The van der Waals surface area contributed by atoms with Crippen molar-refractivity contribution in [3.63, 3.8) is 0 Å². The Bertz CT molecular complexity index is 1930. The van der Waals surface area contributed by atoms with Gasteiger partial charge in [-0.2, -0.15) is 8.42 Å². The number of hydrogen-bond donors (Lipinski definition) is 3. The van der Waals surface area contributed by atoms with Crippen LogP contribution in [0, 0.1) is 11.6 Å². The third kappa shape index (κ3) is 7.79. The number of halogens is 5. The molecule has 17 heteroatoms. The van der Waals surface area contributed by atoms with Crippen molar-refractivity contribution in [1.29, 1.82) is 0 Å². The number of amides is 1. The number of β-amino-alcohol motifs (C(OH)–C–C–N with tert-alkyl or cyclic N) is 1. The van der Waals surface area contributed by atoms with Crippen LogP contribution in [0.2, 0.25) is 15.1 Å². The van der Waals surface area contributed by atoms with Crippen molar-refractivity contribution >= 4 is 56.6 Å². The molecule has 11 nitrogen and oxygen atoms in total. The lowest BCUT2D eigenvalue weighted by Crippen LogP contribution is -2.60. The molecule has 1 amide bonds. The number of ether oxygens (including phenoxy) is 1. The van der Waals surface area contributed by atoms with Crippen LogP contribution in [-0.4, -0.2) is 53.0 Å². The van der Waals surface area contributed by atoms with E-state index >= 15 is 0 Å². The highest BCUT2D eigenvalue weighted by Gasteiger charge is 2.45. The molecule has 2 aliphatic rings. The molecule has 0 bridgehead atoms. The lowest BCUT2D eigenvalue weighted by molar-refractivity contribution is 0.00671. The van der Waals surface area contributed by atoms with Gasteiger partial charge in [-0.15, -0.1) is 0 Å². The monoisotopic (exact) mass is 730 g/mol. The largest absolute Gasteiger partial charge is 0.489 e. The van der Waals surface area contributed by atoms with Crippen molar-refractivity contribution in [2.24, 2.45) is 5.73 Å². The minimum absolute atomic E-state index is 0.00638. The average Bonchev–Trinajstić information content (AvgIpc) is 3.74. The molecule has 2 fully saturated rings. The summed E-state index contributed by atoms with van der Waals surface area (Å²) in [6, 6.07) is 8.19. The molecule has 0 radical (unpaired) electrons. The minimum Gasteiger partial charge on any atom is -0.489 e. The SMILES string of the molecule is CCS(=O)(=O)O.NC(=O)c1cnc(N2CC(O)(c3ccc(OCc4c(-c5c(Cl)cc(F)cc5Cl)noc4C4CC4)cc3Cl)C2)c(F)c1. The van der Waals surface area contributed by atoms with Gasteiger partial charge in [-0.1, -0.05) is 46.0 Å². The van der Waals surface area contributed by atoms with Crippen LogP contribution in [0.3, 0.4) is 0 Å². The minimum atomic E-state index is -3.66. The molecule has 1 saturated heterocycles. The van der Waals surface area contributed by atoms with E-state index in [1.54, 1.807) is 18.2 Å². The first-order valence-electron chi connectivity index (χ1n) is 14.0. The van der Waals surface area contributed by atoms with Crippen molar-refractivity contribution < 1.29 is 40.9 Å². The predicted molar refractivity (Wildman–Crippen MR) is 171 cm³/mol. The van der Waals surface area contributed by atoms with E-state index in [2.05, 4.69) is 10.1 Å².